The van der Waals surface area contributed by atoms with Crippen molar-refractivity contribution in [2.45, 2.75) is 24.3 Å². The second-order valence-electron chi connectivity index (χ2n) is 4.44. The lowest BCUT2D eigenvalue weighted by atomic mass is 10.1. The average molecular weight is 273 g/mol. The normalized spacial score (nSPS) is 15.1. The molecule has 0 aliphatic rings. The monoisotopic (exact) mass is 273 g/mol. The Morgan fingerprint density at radius 3 is 2.28 bits per heavy atom. The Kier molecular flexibility index (Phi) is 4.72. The van der Waals surface area contributed by atoms with Gasteiger partial charge in [-0.1, -0.05) is 6.92 Å². The molecule has 0 saturated heterocycles. The van der Waals surface area contributed by atoms with E-state index < -0.39 is 15.4 Å². The van der Waals surface area contributed by atoms with Crippen molar-refractivity contribution in [2.75, 3.05) is 24.2 Å². The zero-order valence-corrected chi connectivity index (χ0v) is 11.4. The summed E-state index contributed by atoms with van der Waals surface area (Å²) in [5.41, 5.74) is -0.507. The summed E-state index contributed by atoms with van der Waals surface area (Å²) < 4.78 is 23.2. The van der Waals surface area contributed by atoms with Crippen LogP contribution in [0.3, 0.4) is 0 Å². The molecule has 1 rings (SSSR count). The number of nitrogens with one attached hydrogen (secondary N) is 1. The van der Waals surface area contributed by atoms with Crippen molar-refractivity contribution in [3.63, 3.8) is 0 Å². The van der Waals surface area contributed by atoms with Gasteiger partial charge in [-0.05, 0) is 31.2 Å². The first-order valence-electron chi connectivity index (χ1n) is 5.71. The number of rotatable bonds is 6. The lowest BCUT2D eigenvalue weighted by Crippen LogP contribution is -2.37. The van der Waals surface area contributed by atoms with Gasteiger partial charge < -0.3 is 15.5 Å². The lowest BCUT2D eigenvalue weighted by molar-refractivity contribution is 0.0132. The standard InChI is InChI=1S/C12H19NO4S/c1-3-18(16,17)11-6-4-10(5-7-11)13-8-12(2,15)9-14/h4-7,13-15H,3,8-9H2,1-2H3. The van der Waals surface area contributed by atoms with Gasteiger partial charge >= 0.3 is 0 Å². The molecule has 1 aromatic carbocycles. The largest absolute Gasteiger partial charge is 0.393 e. The molecule has 0 aromatic heterocycles. The molecule has 6 heteroatoms. The first-order valence-corrected chi connectivity index (χ1v) is 7.36. The van der Waals surface area contributed by atoms with Gasteiger partial charge in [-0.25, -0.2) is 8.42 Å². The Morgan fingerprint density at radius 1 is 1.28 bits per heavy atom. The molecule has 0 bridgehead atoms. The van der Waals surface area contributed by atoms with Crippen LogP contribution >= 0.6 is 0 Å². The summed E-state index contributed by atoms with van der Waals surface area (Å²) in [5.74, 6) is 0.0685. The van der Waals surface area contributed by atoms with Gasteiger partial charge in [0.15, 0.2) is 9.84 Å². The van der Waals surface area contributed by atoms with Crippen LogP contribution in [-0.4, -0.2) is 43.1 Å². The number of anilines is 1. The first-order chi connectivity index (χ1) is 8.30. The molecule has 1 unspecified atom stereocenters. The highest BCUT2D eigenvalue weighted by atomic mass is 32.2. The van der Waals surface area contributed by atoms with E-state index >= 15 is 0 Å². The lowest BCUT2D eigenvalue weighted by Gasteiger charge is -2.21. The summed E-state index contributed by atoms with van der Waals surface area (Å²) in [6, 6.07) is 6.32. The Labute approximate surface area is 107 Å². The summed E-state index contributed by atoms with van der Waals surface area (Å²) in [6.45, 7) is 2.95. The first kappa shape index (κ1) is 14.9. The molecule has 102 valence electrons. The van der Waals surface area contributed by atoms with Crippen molar-refractivity contribution in [3.05, 3.63) is 24.3 Å². The van der Waals surface area contributed by atoms with Gasteiger partial charge in [-0.2, -0.15) is 0 Å². The zero-order valence-electron chi connectivity index (χ0n) is 10.5. The predicted molar refractivity (Wildman–Crippen MR) is 70.4 cm³/mol. The minimum atomic E-state index is -3.18. The van der Waals surface area contributed by atoms with Gasteiger partial charge in [0.25, 0.3) is 0 Å². The minimum Gasteiger partial charge on any atom is -0.393 e. The van der Waals surface area contributed by atoms with E-state index in [1.165, 1.54) is 19.1 Å². The molecule has 0 fully saturated rings. The summed E-state index contributed by atoms with van der Waals surface area (Å²) in [7, 11) is -3.18. The van der Waals surface area contributed by atoms with Gasteiger partial charge in [0.05, 0.1) is 17.3 Å². The van der Waals surface area contributed by atoms with E-state index in [-0.39, 0.29) is 23.8 Å². The highest BCUT2D eigenvalue weighted by Gasteiger charge is 2.18. The average Bonchev–Trinajstić information content (AvgIpc) is 2.37. The number of sulfone groups is 1. The van der Waals surface area contributed by atoms with Crippen LogP contribution in [0.5, 0.6) is 0 Å². The Hall–Kier alpha value is -1.11. The summed E-state index contributed by atoms with van der Waals surface area (Å²) in [4.78, 5) is 0.282. The summed E-state index contributed by atoms with van der Waals surface area (Å²) in [5, 5.41) is 21.4. The van der Waals surface area contributed by atoms with E-state index in [1.54, 1.807) is 19.1 Å². The molecule has 3 N–H and O–H groups in total. The number of aliphatic hydroxyl groups is 2. The second kappa shape index (κ2) is 5.69. The quantitative estimate of drug-likeness (QED) is 0.708. The van der Waals surface area contributed by atoms with Crippen LogP contribution in [0, 0.1) is 0 Å². The van der Waals surface area contributed by atoms with Crippen LogP contribution in [0.4, 0.5) is 5.69 Å². The SMILES string of the molecule is CCS(=O)(=O)c1ccc(NCC(C)(O)CO)cc1. The molecular formula is C12H19NO4S. The fourth-order valence-corrected chi connectivity index (χ4v) is 2.18. The van der Waals surface area contributed by atoms with Crippen molar-refractivity contribution in [3.8, 4) is 0 Å². The third kappa shape index (κ3) is 3.97. The van der Waals surface area contributed by atoms with Crippen molar-refractivity contribution in [1.82, 2.24) is 0 Å². The zero-order chi connectivity index (χ0) is 13.8. The smallest absolute Gasteiger partial charge is 0.178 e. The van der Waals surface area contributed by atoms with Crippen LogP contribution in [0.25, 0.3) is 0 Å². The Balaban J connectivity index is 2.73. The third-order valence-electron chi connectivity index (χ3n) is 2.61. The van der Waals surface area contributed by atoms with Crippen LogP contribution in [0.2, 0.25) is 0 Å². The molecule has 0 spiro atoms. The molecule has 0 radical (unpaired) electrons. The highest BCUT2D eigenvalue weighted by Crippen LogP contribution is 2.16. The van der Waals surface area contributed by atoms with Crippen molar-refractivity contribution in [1.29, 1.82) is 0 Å². The van der Waals surface area contributed by atoms with E-state index in [2.05, 4.69) is 5.32 Å². The van der Waals surface area contributed by atoms with Crippen molar-refractivity contribution < 1.29 is 18.6 Å². The maximum atomic E-state index is 11.6. The van der Waals surface area contributed by atoms with Crippen LogP contribution in [0.1, 0.15) is 13.8 Å². The molecule has 0 heterocycles. The van der Waals surface area contributed by atoms with Gasteiger partial charge in [-0.15, -0.1) is 0 Å². The highest BCUT2D eigenvalue weighted by molar-refractivity contribution is 7.91. The molecule has 18 heavy (non-hydrogen) atoms. The maximum Gasteiger partial charge on any atom is 0.178 e. The summed E-state index contributed by atoms with van der Waals surface area (Å²) >= 11 is 0. The number of hydrogen-bond donors (Lipinski definition) is 3. The Bertz CT molecular complexity index is 479. The van der Waals surface area contributed by atoms with E-state index in [0.29, 0.717) is 5.69 Å². The molecule has 1 atom stereocenters. The predicted octanol–water partition coefficient (Wildman–Crippen LogP) is 0.635. The molecule has 0 aliphatic heterocycles. The van der Waals surface area contributed by atoms with Gasteiger partial charge in [0, 0.05) is 12.2 Å². The molecule has 0 amide bonds. The molecular weight excluding hydrogens is 254 g/mol. The van der Waals surface area contributed by atoms with Crippen LogP contribution in [-0.2, 0) is 9.84 Å². The minimum absolute atomic E-state index is 0.0685. The van der Waals surface area contributed by atoms with E-state index in [4.69, 9.17) is 5.11 Å². The Morgan fingerprint density at radius 2 is 1.83 bits per heavy atom. The number of benzene rings is 1. The van der Waals surface area contributed by atoms with Crippen molar-refractivity contribution >= 4 is 15.5 Å². The van der Waals surface area contributed by atoms with Gasteiger partial charge in [0.1, 0.15) is 5.60 Å². The molecule has 1 aromatic rings. The van der Waals surface area contributed by atoms with Crippen LogP contribution in [0.15, 0.2) is 29.2 Å². The fraction of sp³-hybridized carbons (Fsp3) is 0.500. The topological polar surface area (TPSA) is 86.6 Å². The fourth-order valence-electron chi connectivity index (χ4n) is 1.30. The van der Waals surface area contributed by atoms with Gasteiger partial charge in [-0.3, -0.25) is 0 Å². The third-order valence-corrected chi connectivity index (χ3v) is 4.36. The number of hydrogen-bond acceptors (Lipinski definition) is 5. The number of aliphatic hydroxyl groups excluding tert-OH is 1. The molecule has 5 nitrogen and oxygen atoms in total. The molecule has 0 aliphatic carbocycles. The van der Waals surface area contributed by atoms with Crippen molar-refractivity contribution in [2.24, 2.45) is 0 Å². The van der Waals surface area contributed by atoms with E-state index in [1.807, 2.05) is 0 Å². The maximum absolute atomic E-state index is 11.6. The second-order valence-corrected chi connectivity index (χ2v) is 6.71. The van der Waals surface area contributed by atoms with E-state index in [0.717, 1.165) is 0 Å². The van der Waals surface area contributed by atoms with Crippen LogP contribution < -0.4 is 5.32 Å². The van der Waals surface area contributed by atoms with E-state index in [9.17, 15) is 13.5 Å². The molecule has 0 saturated carbocycles. The summed E-state index contributed by atoms with van der Waals surface area (Å²) in [6.07, 6.45) is 0. The van der Waals surface area contributed by atoms with Gasteiger partial charge in [0.2, 0.25) is 0 Å².